The average Bonchev–Trinajstić information content (AvgIpc) is 1.93. The summed E-state index contributed by atoms with van der Waals surface area (Å²) < 4.78 is 0. The lowest BCUT2D eigenvalue weighted by Gasteiger charge is -2.00. The maximum atomic E-state index is 10.1. The van der Waals surface area contributed by atoms with Crippen molar-refractivity contribution in [1.29, 1.82) is 0 Å². The van der Waals surface area contributed by atoms with E-state index in [0.29, 0.717) is 10.7 Å². The highest BCUT2D eigenvalue weighted by Crippen LogP contribution is 2.18. The number of anilines is 1. The quantitative estimate of drug-likeness (QED) is 0.679. The second kappa shape index (κ2) is 3.21. The molecule has 1 aromatic heterocycles. The highest BCUT2D eigenvalue weighted by molar-refractivity contribution is 6.33. The Kier molecular flexibility index (Phi) is 2.28. The molecule has 0 spiro atoms. The van der Waals surface area contributed by atoms with Crippen LogP contribution < -0.4 is 5.32 Å². The molecule has 1 heterocycles. The van der Waals surface area contributed by atoms with E-state index in [1.807, 2.05) is 0 Å². The normalized spacial score (nSPS) is 9.18. The van der Waals surface area contributed by atoms with Crippen molar-refractivity contribution in [2.24, 2.45) is 0 Å². The third kappa shape index (κ3) is 2.09. The van der Waals surface area contributed by atoms with Crippen molar-refractivity contribution >= 4 is 23.4 Å². The van der Waals surface area contributed by atoms with E-state index in [0.717, 1.165) is 0 Å². The van der Waals surface area contributed by atoms with Crippen molar-refractivity contribution in [2.45, 2.75) is 0 Å². The first kappa shape index (κ1) is 7.81. The van der Waals surface area contributed by atoms with E-state index >= 15 is 0 Å². The van der Waals surface area contributed by atoms with Crippen LogP contribution in [0.15, 0.2) is 18.5 Å². The number of aromatic nitrogens is 1. The van der Waals surface area contributed by atoms with Gasteiger partial charge in [-0.1, -0.05) is 11.6 Å². The Labute approximate surface area is 67.8 Å². The number of carbonyl (C=O) groups is 1. The van der Waals surface area contributed by atoms with Crippen molar-refractivity contribution in [3.63, 3.8) is 0 Å². The largest absolute Gasteiger partial charge is 0.465 e. The highest BCUT2D eigenvalue weighted by atomic mass is 35.5. The number of hydrogen-bond donors (Lipinski definition) is 2. The number of hydrogen-bond acceptors (Lipinski definition) is 2. The lowest BCUT2D eigenvalue weighted by atomic mass is 10.4. The summed E-state index contributed by atoms with van der Waals surface area (Å²) in [5, 5.41) is 10.7. The Morgan fingerprint density at radius 2 is 2.45 bits per heavy atom. The summed E-state index contributed by atoms with van der Waals surface area (Å²) in [5.74, 6) is 0. The van der Waals surface area contributed by atoms with Crippen molar-refractivity contribution in [3.8, 4) is 0 Å². The summed E-state index contributed by atoms with van der Waals surface area (Å²) in [5.41, 5.74) is 0.293. The van der Waals surface area contributed by atoms with Crippen LogP contribution in [0.25, 0.3) is 0 Å². The topological polar surface area (TPSA) is 62.2 Å². The predicted octanol–water partition coefficient (Wildman–Crippen LogP) is 1.82. The predicted molar refractivity (Wildman–Crippen MR) is 40.9 cm³/mol. The molecule has 2 N–H and O–H groups in total. The Hall–Kier alpha value is -1.29. The van der Waals surface area contributed by atoms with Gasteiger partial charge in [-0.3, -0.25) is 10.3 Å². The summed E-state index contributed by atoms with van der Waals surface area (Å²) in [6.07, 6.45) is 1.67. The standard InChI is InChI=1S/C6H5ClN2O2/c7-4-1-2-8-3-5(4)9-6(10)11/h1-3,9H,(H,10,11). The van der Waals surface area contributed by atoms with Crippen LogP contribution in [-0.2, 0) is 0 Å². The van der Waals surface area contributed by atoms with Crippen molar-refractivity contribution in [1.82, 2.24) is 4.98 Å². The van der Waals surface area contributed by atoms with Crippen LogP contribution in [0.1, 0.15) is 0 Å². The van der Waals surface area contributed by atoms with Gasteiger partial charge < -0.3 is 5.11 Å². The highest BCUT2D eigenvalue weighted by Gasteiger charge is 2.01. The molecule has 1 aromatic rings. The van der Waals surface area contributed by atoms with Gasteiger partial charge in [0.15, 0.2) is 0 Å². The molecule has 58 valence electrons. The fourth-order valence-corrected chi connectivity index (χ4v) is 0.737. The Bertz CT molecular complexity index is 277. The Morgan fingerprint density at radius 1 is 1.73 bits per heavy atom. The van der Waals surface area contributed by atoms with E-state index in [2.05, 4.69) is 10.3 Å². The van der Waals surface area contributed by atoms with Gasteiger partial charge in [0.2, 0.25) is 0 Å². The fourth-order valence-electron chi connectivity index (χ4n) is 0.585. The van der Waals surface area contributed by atoms with Gasteiger partial charge in [0.05, 0.1) is 16.9 Å². The molecule has 4 nitrogen and oxygen atoms in total. The first-order chi connectivity index (χ1) is 5.20. The first-order valence-electron chi connectivity index (χ1n) is 2.79. The Balaban J connectivity index is 2.86. The minimum Gasteiger partial charge on any atom is -0.465 e. The zero-order chi connectivity index (χ0) is 8.27. The van der Waals surface area contributed by atoms with E-state index in [9.17, 15) is 4.79 Å². The van der Waals surface area contributed by atoms with E-state index in [1.165, 1.54) is 18.5 Å². The van der Waals surface area contributed by atoms with Crippen molar-refractivity contribution in [2.75, 3.05) is 5.32 Å². The number of nitrogens with one attached hydrogen (secondary N) is 1. The maximum Gasteiger partial charge on any atom is 0.409 e. The average molecular weight is 173 g/mol. The third-order valence-corrected chi connectivity index (χ3v) is 1.34. The molecule has 0 aliphatic carbocycles. The van der Waals surface area contributed by atoms with E-state index in [4.69, 9.17) is 16.7 Å². The number of pyridine rings is 1. The van der Waals surface area contributed by atoms with E-state index in [1.54, 1.807) is 0 Å². The lowest BCUT2D eigenvalue weighted by Crippen LogP contribution is -2.07. The molecule has 0 unspecified atom stereocenters. The minimum atomic E-state index is -1.15. The molecule has 1 rings (SSSR count). The second-order valence-electron chi connectivity index (χ2n) is 1.79. The molecular formula is C6H5ClN2O2. The molecule has 0 radical (unpaired) electrons. The molecule has 0 fully saturated rings. The van der Waals surface area contributed by atoms with Gasteiger partial charge in [-0.2, -0.15) is 0 Å². The number of halogens is 1. The lowest BCUT2D eigenvalue weighted by molar-refractivity contribution is 0.209. The third-order valence-electron chi connectivity index (χ3n) is 1.01. The number of carboxylic acid groups (broad SMARTS) is 1. The number of amides is 1. The van der Waals surface area contributed by atoms with E-state index < -0.39 is 6.09 Å². The SMILES string of the molecule is O=C(O)Nc1cnccc1Cl. The van der Waals surface area contributed by atoms with Crippen LogP contribution in [-0.4, -0.2) is 16.2 Å². The van der Waals surface area contributed by atoms with Crippen LogP contribution in [0, 0.1) is 0 Å². The molecule has 0 aromatic carbocycles. The van der Waals surface area contributed by atoms with Gasteiger partial charge in [-0.15, -0.1) is 0 Å². The number of rotatable bonds is 1. The van der Waals surface area contributed by atoms with Gasteiger partial charge >= 0.3 is 6.09 Å². The van der Waals surface area contributed by atoms with Gasteiger partial charge in [-0.05, 0) is 6.07 Å². The first-order valence-corrected chi connectivity index (χ1v) is 3.17. The molecule has 11 heavy (non-hydrogen) atoms. The monoisotopic (exact) mass is 172 g/mol. The minimum absolute atomic E-state index is 0.293. The molecule has 0 bridgehead atoms. The van der Waals surface area contributed by atoms with Crippen LogP contribution in [0.3, 0.4) is 0 Å². The van der Waals surface area contributed by atoms with Crippen LogP contribution in [0.4, 0.5) is 10.5 Å². The van der Waals surface area contributed by atoms with Gasteiger partial charge in [0.25, 0.3) is 0 Å². The zero-order valence-corrected chi connectivity index (χ0v) is 6.17. The summed E-state index contributed by atoms with van der Waals surface area (Å²) in [6, 6.07) is 1.51. The van der Waals surface area contributed by atoms with Crippen LogP contribution in [0.5, 0.6) is 0 Å². The molecular weight excluding hydrogens is 168 g/mol. The fraction of sp³-hybridized carbons (Fsp3) is 0. The molecule has 0 aliphatic rings. The van der Waals surface area contributed by atoms with Gasteiger partial charge in [-0.25, -0.2) is 4.79 Å². The smallest absolute Gasteiger partial charge is 0.409 e. The summed E-state index contributed by atoms with van der Waals surface area (Å²) in [4.78, 5) is 13.8. The zero-order valence-electron chi connectivity index (χ0n) is 5.41. The van der Waals surface area contributed by atoms with Crippen molar-refractivity contribution in [3.05, 3.63) is 23.5 Å². The molecule has 0 aliphatic heterocycles. The second-order valence-corrected chi connectivity index (χ2v) is 2.19. The summed E-state index contributed by atoms with van der Waals surface area (Å²) in [7, 11) is 0. The van der Waals surface area contributed by atoms with Gasteiger partial charge in [0, 0.05) is 6.20 Å². The number of nitrogens with zero attached hydrogens (tertiary/aromatic N) is 1. The van der Waals surface area contributed by atoms with Crippen LogP contribution in [0.2, 0.25) is 5.02 Å². The van der Waals surface area contributed by atoms with E-state index in [-0.39, 0.29) is 0 Å². The molecule has 1 amide bonds. The molecule has 0 saturated carbocycles. The molecule has 0 saturated heterocycles. The molecule has 5 heteroatoms. The summed E-state index contributed by atoms with van der Waals surface area (Å²) >= 11 is 5.60. The Morgan fingerprint density at radius 3 is 3.00 bits per heavy atom. The van der Waals surface area contributed by atoms with Gasteiger partial charge in [0.1, 0.15) is 0 Å². The van der Waals surface area contributed by atoms with Crippen molar-refractivity contribution < 1.29 is 9.90 Å². The summed E-state index contributed by atoms with van der Waals surface area (Å²) in [6.45, 7) is 0. The maximum absolute atomic E-state index is 10.1. The van der Waals surface area contributed by atoms with Crippen LogP contribution >= 0.6 is 11.6 Å². The molecule has 0 atom stereocenters.